The molecule has 2 fully saturated rings. The predicted octanol–water partition coefficient (Wildman–Crippen LogP) is 1.42. The second-order valence-electron chi connectivity index (χ2n) is 5.69. The highest BCUT2D eigenvalue weighted by atomic mass is 16.2. The van der Waals surface area contributed by atoms with E-state index < -0.39 is 0 Å². The van der Waals surface area contributed by atoms with E-state index in [0.717, 1.165) is 18.5 Å². The van der Waals surface area contributed by atoms with Crippen molar-refractivity contribution in [1.82, 2.24) is 9.80 Å². The number of nitrogens with one attached hydrogen (secondary N) is 1. The summed E-state index contributed by atoms with van der Waals surface area (Å²) in [6.07, 6.45) is 2.07. The molecule has 0 atom stereocenters. The molecular formula is C16H21N3O2. The Labute approximate surface area is 124 Å². The minimum absolute atomic E-state index is 0.0403. The second-order valence-corrected chi connectivity index (χ2v) is 5.69. The molecule has 5 heteroatoms. The SMILES string of the molecule is CNc1ccccc1C(=O)N1CCN(C(=O)C2CC2)CC1. The Kier molecular flexibility index (Phi) is 3.82. The molecule has 1 aromatic rings. The Hall–Kier alpha value is -2.04. The number of para-hydroxylation sites is 1. The molecule has 0 aromatic heterocycles. The smallest absolute Gasteiger partial charge is 0.256 e. The molecule has 112 valence electrons. The van der Waals surface area contributed by atoms with Crippen LogP contribution in [0.5, 0.6) is 0 Å². The van der Waals surface area contributed by atoms with Crippen LogP contribution < -0.4 is 5.32 Å². The molecule has 21 heavy (non-hydrogen) atoms. The van der Waals surface area contributed by atoms with Gasteiger partial charge < -0.3 is 15.1 Å². The number of piperazine rings is 1. The molecule has 2 aliphatic rings. The Morgan fingerprint density at radius 3 is 2.29 bits per heavy atom. The number of carbonyl (C=O) groups is 2. The van der Waals surface area contributed by atoms with Crippen molar-refractivity contribution in [2.75, 3.05) is 38.5 Å². The van der Waals surface area contributed by atoms with Gasteiger partial charge >= 0.3 is 0 Å². The predicted molar refractivity (Wildman–Crippen MR) is 81.2 cm³/mol. The summed E-state index contributed by atoms with van der Waals surface area (Å²) >= 11 is 0. The fraction of sp³-hybridized carbons (Fsp3) is 0.500. The average molecular weight is 287 g/mol. The van der Waals surface area contributed by atoms with Gasteiger partial charge in [-0.05, 0) is 25.0 Å². The highest BCUT2D eigenvalue weighted by molar-refractivity contribution is 5.99. The third-order valence-electron chi connectivity index (χ3n) is 4.23. The number of benzene rings is 1. The van der Waals surface area contributed by atoms with Gasteiger partial charge in [0.15, 0.2) is 0 Å². The van der Waals surface area contributed by atoms with Crippen LogP contribution in [0.4, 0.5) is 5.69 Å². The quantitative estimate of drug-likeness (QED) is 0.915. The highest BCUT2D eigenvalue weighted by Gasteiger charge is 2.35. The Morgan fingerprint density at radius 2 is 1.67 bits per heavy atom. The van der Waals surface area contributed by atoms with Crippen molar-refractivity contribution in [2.45, 2.75) is 12.8 Å². The lowest BCUT2D eigenvalue weighted by atomic mass is 10.1. The van der Waals surface area contributed by atoms with Crippen LogP contribution in [0.1, 0.15) is 23.2 Å². The van der Waals surface area contributed by atoms with E-state index >= 15 is 0 Å². The first kappa shape index (κ1) is 13.9. The number of anilines is 1. The van der Waals surface area contributed by atoms with Crippen molar-refractivity contribution in [3.05, 3.63) is 29.8 Å². The summed E-state index contributed by atoms with van der Waals surface area (Å²) in [5, 5.41) is 3.05. The number of nitrogens with zero attached hydrogens (tertiary/aromatic N) is 2. The first-order chi connectivity index (χ1) is 10.2. The monoisotopic (exact) mass is 287 g/mol. The van der Waals surface area contributed by atoms with Crippen LogP contribution in [0.3, 0.4) is 0 Å². The zero-order chi connectivity index (χ0) is 14.8. The summed E-state index contributed by atoms with van der Waals surface area (Å²) in [7, 11) is 1.82. The van der Waals surface area contributed by atoms with E-state index in [4.69, 9.17) is 0 Å². The molecule has 1 saturated carbocycles. The van der Waals surface area contributed by atoms with Gasteiger partial charge in [-0.3, -0.25) is 9.59 Å². The molecule has 1 aromatic carbocycles. The van der Waals surface area contributed by atoms with Crippen molar-refractivity contribution in [3.63, 3.8) is 0 Å². The van der Waals surface area contributed by atoms with E-state index in [9.17, 15) is 9.59 Å². The minimum Gasteiger partial charge on any atom is -0.387 e. The number of rotatable bonds is 3. The molecule has 1 heterocycles. The first-order valence-electron chi connectivity index (χ1n) is 7.55. The molecule has 1 N–H and O–H groups in total. The molecular weight excluding hydrogens is 266 g/mol. The van der Waals surface area contributed by atoms with E-state index in [1.165, 1.54) is 0 Å². The lowest BCUT2D eigenvalue weighted by Crippen LogP contribution is -2.51. The summed E-state index contributed by atoms with van der Waals surface area (Å²) in [5.74, 6) is 0.577. The lowest BCUT2D eigenvalue weighted by Gasteiger charge is -2.35. The topological polar surface area (TPSA) is 52.7 Å². The van der Waals surface area contributed by atoms with Crippen LogP contribution in [0.15, 0.2) is 24.3 Å². The third-order valence-corrected chi connectivity index (χ3v) is 4.23. The van der Waals surface area contributed by atoms with E-state index in [2.05, 4.69) is 5.32 Å². The molecule has 0 spiro atoms. The van der Waals surface area contributed by atoms with Crippen molar-refractivity contribution < 1.29 is 9.59 Å². The van der Waals surface area contributed by atoms with Gasteiger partial charge in [-0.15, -0.1) is 0 Å². The van der Waals surface area contributed by atoms with Crippen molar-refractivity contribution in [2.24, 2.45) is 5.92 Å². The van der Waals surface area contributed by atoms with E-state index in [-0.39, 0.29) is 17.7 Å². The normalized spacial score (nSPS) is 18.5. The standard InChI is InChI=1S/C16H21N3O2/c1-17-14-5-3-2-4-13(14)16(21)19-10-8-18(9-11-19)15(20)12-6-7-12/h2-5,12,17H,6-11H2,1H3. The van der Waals surface area contributed by atoms with Crippen molar-refractivity contribution in [3.8, 4) is 0 Å². The van der Waals surface area contributed by atoms with Gasteiger partial charge in [0, 0.05) is 44.8 Å². The Balaban J connectivity index is 1.63. The second kappa shape index (κ2) is 5.76. The van der Waals surface area contributed by atoms with Crippen LogP contribution in [-0.2, 0) is 4.79 Å². The maximum Gasteiger partial charge on any atom is 0.256 e. The Bertz CT molecular complexity index is 546. The average Bonchev–Trinajstić information content (AvgIpc) is 3.38. The summed E-state index contributed by atoms with van der Waals surface area (Å²) in [6.45, 7) is 2.55. The molecule has 5 nitrogen and oxygen atoms in total. The molecule has 0 unspecified atom stereocenters. The van der Waals surface area contributed by atoms with Crippen LogP contribution in [0.2, 0.25) is 0 Å². The number of hydrogen-bond acceptors (Lipinski definition) is 3. The van der Waals surface area contributed by atoms with Gasteiger partial charge in [0.25, 0.3) is 5.91 Å². The van der Waals surface area contributed by atoms with Gasteiger partial charge in [-0.25, -0.2) is 0 Å². The van der Waals surface area contributed by atoms with Gasteiger partial charge in [0.2, 0.25) is 5.91 Å². The molecule has 1 aliphatic heterocycles. The van der Waals surface area contributed by atoms with Gasteiger partial charge in [-0.2, -0.15) is 0 Å². The lowest BCUT2D eigenvalue weighted by molar-refractivity contribution is -0.134. The van der Waals surface area contributed by atoms with Crippen molar-refractivity contribution in [1.29, 1.82) is 0 Å². The van der Waals surface area contributed by atoms with Crippen LogP contribution in [-0.4, -0.2) is 54.8 Å². The largest absolute Gasteiger partial charge is 0.387 e. The van der Waals surface area contributed by atoms with E-state index in [0.29, 0.717) is 31.7 Å². The van der Waals surface area contributed by atoms with Crippen molar-refractivity contribution >= 4 is 17.5 Å². The third kappa shape index (κ3) is 2.86. The Morgan fingerprint density at radius 1 is 1.05 bits per heavy atom. The zero-order valence-corrected chi connectivity index (χ0v) is 12.3. The molecule has 1 saturated heterocycles. The summed E-state index contributed by atoms with van der Waals surface area (Å²) < 4.78 is 0. The van der Waals surface area contributed by atoms with Crippen LogP contribution >= 0.6 is 0 Å². The fourth-order valence-corrected chi connectivity index (χ4v) is 2.78. The zero-order valence-electron chi connectivity index (χ0n) is 12.3. The maximum absolute atomic E-state index is 12.6. The molecule has 0 bridgehead atoms. The van der Waals surface area contributed by atoms with Gasteiger partial charge in [-0.1, -0.05) is 12.1 Å². The summed E-state index contributed by atoms with van der Waals surface area (Å²) in [6, 6.07) is 7.53. The summed E-state index contributed by atoms with van der Waals surface area (Å²) in [4.78, 5) is 28.4. The number of hydrogen-bond donors (Lipinski definition) is 1. The minimum atomic E-state index is 0.0403. The van der Waals surface area contributed by atoms with Crippen LogP contribution in [0, 0.1) is 5.92 Å². The fourth-order valence-electron chi connectivity index (χ4n) is 2.78. The molecule has 0 radical (unpaired) electrons. The molecule has 3 rings (SSSR count). The maximum atomic E-state index is 12.6. The summed E-state index contributed by atoms with van der Waals surface area (Å²) in [5.41, 5.74) is 1.54. The molecule has 1 aliphatic carbocycles. The highest BCUT2D eigenvalue weighted by Crippen LogP contribution is 2.31. The first-order valence-corrected chi connectivity index (χ1v) is 7.55. The van der Waals surface area contributed by atoms with Gasteiger partial charge in [0.05, 0.1) is 5.56 Å². The van der Waals surface area contributed by atoms with E-state index in [1.807, 2.05) is 41.1 Å². The molecule has 2 amide bonds. The van der Waals surface area contributed by atoms with E-state index in [1.54, 1.807) is 0 Å². The number of amides is 2. The van der Waals surface area contributed by atoms with Gasteiger partial charge in [0.1, 0.15) is 0 Å². The van der Waals surface area contributed by atoms with Crippen LogP contribution in [0.25, 0.3) is 0 Å². The number of carbonyl (C=O) groups excluding carboxylic acids is 2.